The summed E-state index contributed by atoms with van der Waals surface area (Å²) in [5.41, 5.74) is 0.650. The predicted molar refractivity (Wildman–Crippen MR) is 76.8 cm³/mol. The van der Waals surface area contributed by atoms with Crippen LogP contribution in [-0.4, -0.2) is 29.1 Å². The third kappa shape index (κ3) is 1.14. The Hall–Kier alpha value is -0.760. The van der Waals surface area contributed by atoms with Gasteiger partial charge in [-0.3, -0.25) is 0 Å². The lowest BCUT2D eigenvalue weighted by Gasteiger charge is -2.76. The van der Waals surface area contributed by atoms with Crippen molar-refractivity contribution in [3.8, 4) is 0 Å². The van der Waals surface area contributed by atoms with Crippen LogP contribution in [0.5, 0.6) is 0 Å². The van der Waals surface area contributed by atoms with Crippen LogP contribution in [-0.2, 0) is 0 Å². The third-order valence-electron chi connectivity index (χ3n) is 7.35. The van der Waals surface area contributed by atoms with E-state index in [4.69, 9.17) is 0 Å². The highest BCUT2D eigenvalue weighted by Gasteiger charge is 2.72. The number of rotatable bonds is 1. The molecule has 2 bridgehead atoms. The molecule has 0 aromatic heterocycles. The first kappa shape index (κ1) is 12.0. The highest BCUT2D eigenvalue weighted by Crippen LogP contribution is 2.75. The highest BCUT2D eigenvalue weighted by atomic mass is 16.3. The summed E-state index contributed by atoms with van der Waals surface area (Å²) >= 11 is 0. The van der Waals surface area contributed by atoms with Gasteiger partial charge in [-0.2, -0.15) is 0 Å². The van der Waals surface area contributed by atoms with Gasteiger partial charge in [0.15, 0.2) is 0 Å². The second-order valence-corrected chi connectivity index (χ2v) is 7.44. The molecule has 1 heterocycles. The molecule has 3 aliphatic carbocycles. The number of nitrogens with zero attached hydrogens (tertiary/aromatic N) is 1. The average molecular weight is 259 g/mol. The van der Waals surface area contributed by atoms with Crippen LogP contribution < -0.4 is 0 Å². The molecular formula is C17H25NO. The molecular weight excluding hydrogens is 234 g/mol. The van der Waals surface area contributed by atoms with Crippen molar-refractivity contribution in [1.82, 2.24) is 4.90 Å². The lowest BCUT2D eigenvalue weighted by atomic mass is 9.31. The Morgan fingerprint density at radius 2 is 2.26 bits per heavy atom. The van der Waals surface area contributed by atoms with Crippen LogP contribution >= 0.6 is 0 Å². The molecule has 2 heteroatoms. The van der Waals surface area contributed by atoms with Crippen molar-refractivity contribution in [2.75, 3.05) is 13.1 Å². The van der Waals surface area contributed by atoms with Crippen LogP contribution in [0.25, 0.3) is 0 Å². The summed E-state index contributed by atoms with van der Waals surface area (Å²) in [5, 5.41) is 10.00. The van der Waals surface area contributed by atoms with Crippen LogP contribution in [0.4, 0.5) is 0 Å². The summed E-state index contributed by atoms with van der Waals surface area (Å²) < 4.78 is 0. The molecule has 0 aromatic rings. The quantitative estimate of drug-likeness (QED) is 0.780. The van der Waals surface area contributed by atoms with Gasteiger partial charge in [0.05, 0.1) is 0 Å². The first-order valence-electron chi connectivity index (χ1n) is 7.87. The second-order valence-electron chi connectivity index (χ2n) is 7.44. The molecule has 6 atom stereocenters. The Labute approximate surface area is 116 Å². The standard InChI is InChI=1S/C17H25NO/c1-4-18-10-13-8-17-9-14(19)6-5-12(17)7-15(18)11(2)16(13,17)3/h5-6,9,11-13,15,19H,4,7-8,10H2,1-3H3/t11-,12?,13?,15?,16+,17?/m0/s1. The van der Waals surface area contributed by atoms with E-state index in [-0.39, 0.29) is 5.41 Å². The van der Waals surface area contributed by atoms with Crippen LogP contribution in [0.3, 0.4) is 0 Å². The maximum Gasteiger partial charge on any atom is 0.111 e. The summed E-state index contributed by atoms with van der Waals surface area (Å²) in [6, 6.07) is 0.739. The van der Waals surface area contributed by atoms with Gasteiger partial charge in [0, 0.05) is 18.0 Å². The van der Waals surface area contributed by atoms with E-state index < -0.39 is 0 Å². The van der Waals surface area contributed by atoms with Gasteiger partial charge in [-0.25, -0.2) is 0 Å². The molecule has 1 spiro atoms. The highest BCUT2D eigenvalue weighted by molar-refractivity contribution is 5.36. The van der Waals surface area contributed by atoms with Crippen molar-refractivity contribution < 1.29 is 5.11 Å². The van der Waals surface area contributed by atoms with Gasteiger partial charge in [0.2, 0.25) is 0 Å². The minimum Gasteiger partial charge on any atom is -0.508 e. The number of hydrogen-bond donors (Lipinski definition) is 1. The van der Waals surface area contributed by atoms with Crippen molar-refractivity contribution in [2.45, 2.75) is 39.7 Å². The van der Waals surface area contributed by atoms with E-state index in [9.17, 15) is 5.11 Å². The number of aliphatic hydroxyl groups excluding tert-OH is 1. The zero-order chi connectivity index (χ0) is 13.4. The smallest absolute Gasteiger partial charge is 0.111 e. The van der Waals surface area contributed by atoms with Gasteiger partial charge in [-0.15, -0.1) is 0 Å². The first-order chi connectivity index (χ1) is 9.03. The van der Waals surface area contributed by atoms with E-state index in [1.165, 1.54) is 25.9 Å². The summed E-state index contributed by atoms with van der Waals surface area (Å²) in [6.45, 7) is 9.72. The Bertz CT molecular complexity index is 482. The molecule has 1 saturated heterocycles. The molecule has 0 aromatic carbocycles. The number of fused-ring (bicyclic) bond motifs is 1. The number of hydrogen-bond acceptors (Lipinski definition) is 2. The maximum atomic E-state index is 10.00. The molecule has 4 aliphatic rings. The number of piperidine rings is 1. The van der Waals surface area contributed by atoms with E-state index in [0.29, 0.717) is 17.1 Å². The van der Waals surface area contributed by atoms with Gasteiger partial charge >= 0.3 is 0 Å². The zero-order valence-corrected chi connectivity index (χ0v) is 12.3. The van der Waals surface area contributed by atoms with Gasteiger partial charge in [0.25, 0.3) is 0 Å². The van der Waals surface area contributed by atoms with Gasteiger partial charge in [-0.1, -0.05) is 26.8 Å². The Kier molecular flexibility index (Phi) is 2.19. The summed E-state index contributed by atoms with van der Waals surface area (Å²) in [6.07, 6.45) is 8.98. The van der Waals surface area contributed by atoms with Gasteiger partial charge in [0.1, 0.15) is 5.76 Å². The molecule has 104 valence electrons. The SMILES string of the molecule is CCN1CC2CC34C=C(O)C=CC3CC1[C@H](C)[C@]24C. The van der Waals surface area contributed by atoms with E-state index in [1.54, 1.807) is 0 Å². The molecule has 1 aliphatic heterocycles. The van der Waals surface area contributed by atoms with Crippen molar-refractivity contribution in [2.24, 2.45) is 28.6 Å². The minimum absolute atomic E-state index is 0.256. The van der Waals surface area contributed by atoms with E-state index in [0.717, 1.165) is 17.9 Å². The first-order valence-corrected chi connectivity index (χ1v) is 7.87. The number of aliphatic hydroxyl groups is 1. The fourth-order valence-corrected chi connectivity index (χ4v) is 6.11. The number of likely N-dealkylation sites (tertiary alicyclic amines) is 1. The van der Waals surface area contributed by atoms with Crippen LogP contribution in [0.15, 0.2) is 24.0 Å². The molecule has 0 radical (unpaired) electrons. The fraction of sp³-hybridized carbons (Fsp3) is 0.765. The molecule has 0 amide bonds. The van der Waals surface area contributed by atoms with Crippen LogP contribution in [0.2, 0.25) is 0 Å². The molecule has 2 nitrogen and oxygen atoms in total. The molecule has 4 unspecified atom stereocenters. The third-order valence-corrected chi connectivity index (χ3v) is 7.35. The van der Waals surface area contributed by atoms with E-state index in [1.807, 2.05) is 6.08 Å². The van der Waals surface area contributed by atoms with Crippen molar-refractivity contribution >= 4 is 0 Å². The maximum absolute atomic E-state index is 10.00. The Morgan fingerprint density at radius 3 is 3.00 bits per heavy atom. The molecule has 3 fully saturated rings. The number of allylic oxidation sites excluding steroid dienone is 3. The van der Waals surface area contributed by atoms with Gasteiger partial charge < -0.3 is 10.0 Å². The molecule has 1 N–H and O–H groups in total. The van der Waals surface area contributed by atoms with E-state index >= 15 is 0 Å². The summed E-state index contributed by atoms with van der Waals surface area (Å²) in [7, 11) is 0. The molecule has 19 heavy (non-hydrogen) atoms. The topological polar surface area (TPSA) is 23.5 Å². The van der Waals surface area contributed by atoms with Crippen molar-refractivity contribution in [3.05, 3.63) is 24.0 Å². The largest absolute Gasteiger partial charge is 0.508 e. The Balaban J connectivity index is 1.82. The second kappa shape index (κ2) is 3.46. The van der Waals surface area contributed by atoms with E-state index in [2.05, 4.69) is 37.8 Å². The normalized spacial score (nSPS) is 55.2. The summed E-state index contributed by atoms with van der Waals surface area (Å²) in [4.78, 5) is 2.71. The predicted octanol–water partition coefficient (Wildman–Crippen LogP) is 3.37. The van der Waals surface area contributed by atoms with Crippen molar-refractivity contribution in [3.63, 3.8) is 0 Å². The fourth-order valence-electron chi connectivity index (χ4n) is 6.11. The van der Waals surface area contributed by atoms with Crippen molar-refractivity contribution in [1.29, 1.82) is 0 Å². The van der Waals surface area contributed by atoms with Crippen LogP contribution in [0, 0.1) is 28.6 Å². The average Bonchev–Trinajstić information content (AvgIpc) is 2.37. The van der Waals surface area contributed by atoms with Crippen LogP contribution in [0.1, 0.15) is 33.6 Å². The molecule has 4 rings (SSSR count). The lowest BCUT2D eigenvalue weighted by Crippen LogP contribution is -2.75. The molecule has 2 saturated carbocycles. The monoisotopic (exact) mass is 259 g/mol. The van der Waals surface area contributed by atoms with Gasteiger partial charge in [-0.05, 0) is 54.7 Å². The lowest BCUT2D eigenvalue weighted by molar-refractivity contribution is -0.250. The zero-order valence-electron chi connectivity index (χ0n) is 12.3. The Morgan fingerprint density at radius 1 is 1.47 bits per heavy atom. The minimum atomic E-state index is 0.256. The summed E-state index contributed by atoms with van der Waals surface area (Å²) in [5.74, 6) is 2.70.